The molecule has 6 heteroatoms. The summed E-state index contributed by atoms with van der Waals surface area (Å²) in [6, 6.07) is -0.232. The Kier molecular flexibility index (Phi) is 5.17. The minimum absolute atomic E-state index is 0.00167. The van der Waals surface area contributed by atoms with E-state index in [1.165, 1.54) is 4.31 Å². The monoisotopic (exact) mass is 251 g/mol. The summed E-state index contributed by atoms with van der Waals surface area (Å²) >= 11 is 0. The summed E-state index contributed by atoms with van der Waals surface area (Å²) in [6.45, 7) is 4.39. The molecule has 1 unspecified atom stereocenters. The van der Waals surface area contributed by atoms with Crippen molar-refractivity contribution in [2.45, 2.75) is 38.8 Å². The zero-order chi connectivity index (χ0) is 12.2. The summed E-state index contributed by atoms with van der Waals surface area (Å²) in [5.74, 6) is 0.00167. The molecular formula is C10H21NO4S. The summed E-state index contributed by atoms with van der Waals surface area (Å²) in [5, 5.41) is 9.08. The number of hydrogen-bond donors (Lipinski definition) is 1. The summed E-state index contributed by atoms with van der Waals surface area (Å²) in [7, 11) is -3.27. The first kappa shape index (κ1) is 13.9. The molecular weight excluding hydrogens is 230 g/mol. The molecule has 0 bridgehead atoms. The van der Waals surface area contributed by atoms with Gasteiger partial charge in [0.15, 0.2) is 0 Å². The minimum atomic E-state index is -3.27. The molecule has 1 aliphatic rings. The lowest BCUT2D eigenvalue weighted by molar-refractivity contribution is 0.0904. The van der Waals surface area contributed by atoms with Crippen molar-refractivity contribution >= 4 is 10.0 Å². The Bertz CT molecular complexity index is 302. The highest BCUT2D eigenvalue weighted by atomic mass is 32.2. The van der Waals surface area contributed by atoms with Crippen LogP contribution in [-0.2, 0) is 14.8 Å². The van der Waals surface area contributed by atoms with Crippen molar-refractivity contribution in [2.75, 3.05) is 25.5 Å². The van der Waals surface area contributed by atoms with Gasteiger partial charge in [0.1, 0.15) is 0 Å². The molecule has 0 amide bonds. The van der Waals surface area contributed by atoms with Crippen LogP contribution in [0.15, 0.2) is 0 Å². The quantitative estimate of drug-likeness (QED) is 0.732. The highest BCUT2D eigenvalue weighted by Crippen LogP contribution is 2.20. The van der Waals surface area contributed by atoms with Gasteiger partial charge in [0.2, 0.25) is 10.0 Å². The molecule has 1 aliphatic heterocycles. The van der Waals surface area contributed by atoms with Crippen molar-refractivity contribution in [1.82, 2.24) is 4.31 Å². The van der Waals surface area contributed by atoms with Crippen LogP contribution in [0.4, 0.5) is 0 Å². The molecule has 0 aromatic rings. The maximum absolute atomic E-state index is 11.9. The number of rotatable bonds is 6. The van der Waals surface area contributed by atoms with Gasteiger partial charge in [0.25, 0.3) is 0 Å². The van der Waals surface area contributed by atoms with Gasteiger partial charge in [0, 0.05) is 12.6 Å². The first-order valence-corrected chi connectivity index (χ1v) is 7.30. The molecule has 1 fully saturated rings. The lowest BCUT2D eigenvalue weighted by atomic mass is 10.2. The third-order valence-electron chi connectivity index (χ3n) is 2.68. The maximum atomic E-state index is 11.9. The number of hydrogen-bond acceptors (Lipinski definition) is 4. The number of nitrogens with zero attached hydrogens (tertiary/aromatic N) is 1. The average Bonchev–Trinajstić information content (AvgIpc) is 2.64. The van der Waals surface area contributed by atoms with Gasteiger partial charge in [-0.05, 0) is 26.7 Å². The molecule has 96 valence electrons. The van der Waals surface area contributed by atoms with E-state index in [0.29, 0.717) is 6.54 Å². The molecule has 0 aromatic heterocycles. The average molecular weight is 251 g/mol. The smallest absolute Gasteiger partial charge is 0.216 e. The molecule has 1 heterocycles. The molecule has 16 heavy (non-hydrogen) atoms. The fourth-order valence-corrected chi connectivity index (χ4v) is 3.44. The Morgan fingerprint density at radius 2 is 2.19 bits per heavy atom. The molecule has 0 saturated carbocycles. The van der Waals surface area contributed by atoms with Crippen LogP contribution >= 0.6 is 0 Å². The van der Waals surface area contributed by atoms with Crippen LogP contribution in [0.3, 0.4) is 0 Å². The summed E-state index contributed by atoms with van der Waals surface area (Å²) in [4.78, 5) is 0. The van der Waals surface area contributed by atoms with E-state index in [4.69, 9.17) is 9.84 Å². The first-order valence-electron chi connectivity index (χ1n) is 5.69. The maximum Gasteiger partial charge on any atom is 0.216 e. The van der Waals surface area contributed by atoms with Crippen molar-refractivity contribution < 1.29 is 18.3 Å². The second-order valence-corrected chi connectivity index (χ2v) is 6.37. The fraction of sp³-hybridized carbons (Fsp3) is 1.00. The van der Waals surface area contributed by atoms with Gasteiger partial charge in [-0.15, -0.1) is 0 Å². The zero-order valence-corrected chi connectivity index (χ0v) is 10.7. The van der Waals surface area contributed by atoms with Gasteiger partial charge in [-0.3, -0.25) is 0 Å². The van der Waals surface area contributed by atoms with Crippen molar-refractivity contribution in [2.24, 2.45) is 0 Å². The van der Waals surface area contributed by atoms with Crippen LogP contribution in [0.1, 0.15) is 26.7 Å². The Morgan fingerprint density at radius 3 is 2.75 bits per heavy atom. The highest BCUT2D eigenvalue weighted by Gasteiger charge is 2.33. The van der Waals surface area contributed by atoms with Crippen LogP contribution in [0.5, 0.6) is 0 Å². The normalized spacial score (nSPS) is 23.1. The fourth-order valence-electron chi connectivity index (χ4n) is 1.86. The van der Waals surface area contributed by atoms with E-state index >= 15 is 0 Å². The van der Waals surface area contributed by atoms with Crippen molar-refractivity contribution in [3.63, 3.8) is 0 Å². The minimum Gasteiger partial charge on any atom is -0.395 e. The highest BCUT2D eigenvalue weighted by molar-refractivity contribution is 7.89. The summed E-state index contributed by atoms with van der Waals surface area (Å²) in [5.41, 5.74) is 0. The predicted molar refractivity (Wildman–Crippen MR) is 61.7 cm³/mol. The molecule has 0 aliphatic carbocycles. The van der Waals surface area contributed by atoms with E-state index in [9.17, 15) is 8.42 Å². The van der Waals surface area contributed by atoms with E-state index in [1.54, 1.807) is 0 Å². The molecule has 0 aromatic carbocycles. The standard InChI is InChI=1S/C10H21NO4S/c1-9(2)15-6-7-16(13,14)11-5-3-4-10(11)8-12/h9-10,12H,3-8H2,1-2H3. The zero-order valence-electron chi connectivity index (χ0n) is 9.92. The number of ether oxygens (including phenoxy) is 1. The van der Waals surface area contributed by atoms with Gasteiger partial charge in [0.05, 0.1) is 25.1 Å². The molecule has 1 saturated heterocycles. The summed E-state index contributed by atoms with van der Waals surface area (Å²) < 4.78 is 30.5. The molecule has 1 rings (SSSR count). The van der Waals surface area contributed by atoms with E-state index in [2.05, 4.69) is 0 Å². The van der Waals surface area contributed by atoms with Gasteiger partial charge < -0.3 is 9.84 Å². The Labute approximate surface area is 97.4 Å². The second kappa shape index (κ2) is 5.95. The van der Waals surface area contributed by atoms with Crippen LogP contribution in [0.25, 0.3) is 0 Å². The number of sulfonamides is 1. The third-order valence-corrected chi connectivity index (χ3v) is 4.56. The van der Waals surface area contributed by atoms with Gasteiger partial charge >= 0.3 is 0 Å². The van der Waals surface area contributed by atoms with Crippen molar-refractivity contribution in [3.8, 4) is 0 Å². The largest absolute Gasteiger partial charge is 0.395 e. The van der Waals surface area contributed by atoms with Crippen molar-refractivity contribution in [1.29, 1.82) is 0 Å². The predicted octanol–water partition coefficient (Wildman–Crippen LogP) is 0.198. The molecule has 5 nitrogen and oxygen atoms in total. The third kappa shape index (κ3) is 3.69. The molecule has 0 radical (unpaired) electrons. The molecule has 0 spiro atoms. The molecule has 1 atom stereocenters. The van der Waals surface area contributed by atoms with E-state index in [-0.39, 0.29) is 31.1 Å². The van der Waals surface area contributed by atoms with Crippen molar-refractivity contribution in [3.05, 3.63) is 0 Å². The van der Waals surface area contributed by atoms with Gasteiger partial charge in [-0.1, -0.05) is 0 Å². The van der Waals surface area contributed by atoms with Crippen LogP contribution < -0.4 is 0 Å². The summed E-state index contributed by atoms with van der Waals surface area (Å²) in [6.07, 6.45) is 1.62. The second-order valence-electron chi connectivity index (χ2n) is 4.32. The topological polar surface area (TPSA) is 66.8 Å². The lowest BCUT2D eigenvalue weighted by Gasteiger charge is -2.22. The van der Waals surface area contributed by atoms with E-state index in [0.717, 1.165) is 12.8 Å². The van der Waals surface area contributed by atoms with Gasteiger partial charge in [-0.25, -0.2) is 8.42 Å². The van der Waals surface area contributed by atoms with Crippen LogP contribution in [0.2, 0.25) is 0 Å². The lowest BCUT2D eigenvalue weighted by Crippen LogP contribution is -2.40. The Hall–Kier alpha value is -0.170. The van der Waals surface area contributed by atoms with Crippen LogP contribution in [-0.4, -0.2) is 55.5 Å². The van der Waals surface area contributed by atoms with Crippen LogP contribution in [0, 0.1) is 0 Å². The number of aliphatic hydroxyl groups is 1. The Balaban J connectivity index is 2.49. The van der Waals surface area contributed by atoms with Gasteiger partial charge in [-0.2, -0.15) is 4.31 Å². The SMILES string of the molecule is CC(C)OCCS(=O)(=O)N1CCCC1CO. The van der Waals surface area contributed by atoms with E-state index < -0.39 is 10.0 Å². The van der Waals surface area contributed by atoms with E-state index in [1.807, 2.05) is 13.8 Å². The number of aliphatic hydroxyl groups excluding tert-OH is 1. The first-order chi connectivity index (χ1) is 7.47. The Morgan fingerprint density at radius 1 is 1.50 bits per heavy atom. The molecule has 1 N–H and O–H groups in total.